The van der Waals surface area contributed by atoms with Crippen LogP contribution in [0.2, 0.25) is 0 Å². The predicted molar refractivity (Wildman–Crippen MR) is 70.0 cm³/mol. The van der Waals surface area contributed by atoms with Crippen molar-refractivity contribution in [2.24, 2.45) is 0 Å². The molecule has 1 heterocycles. The molecule has 2 N–H and O–H groups in total. The maximum Gasteiger partial charge on any atom is 0.241 e. The Morgan fingerprint density at radius 1 is 1.44 bits per heavy atom. The smallest absolute Gasteiger partial charge is 0.241 e. The van der Waals surface area contributed by atoms with Gasteiger partial charge in [0.2, 0.25) is 5.91 Å². The summed E-state index contributed by atoms with van der Waals surface area (Å²) >= 11 is 0. The molecule has 1 amide bonds. The highest BCUT2D eigenvalue weighted by Crippen LogP contribution is 2.18. The molecule has 0 bridgehead atoms. The lowest BCUT2D eigenvalue weighted by Gasteiger charge is -2.27. The van der Waals surface area contributed by atoms with Crippen LogP contribution >= 0.6 is 0 Å². The highest BCUT2D eigenvalue weighted by Gasteiger charge is 2.24. The number of hydrogen-bond donors (Lipinski definition) is 2. The maximum absolute atomic E-state index is 13.6. The first-order valence-electron chi connectivity index (χ1n) is 6.39. The van der Waals surface area contributed by atoms with E-state index in [-0.39, 0.29) is 23.5 Å². The number of amides is 1. The second-order valence-electron chi connectivity index (χ2n) is 5.02. The van der Waals surface area contributed by atoms with Gasteiger partial charge in [0, 0.05) is 6.04 Å². The minimum atomic E-state index is -0.382. The first-order chi connectivity index (χ1) is 8.56. The highest BCUT2D eigenvalue weighted by atomic mass is 19.1. The quantitative estimate of drug-likeness (QED) is 0.847. The largest absolute Gasteiger partial charge is 0.322 e. The summed E-state index contributed by atoms with van der Waals surface area (Å²) in [4.78, 5) is 12.0. The molecule has 4 heteroatoms. The summed E-state index contributed by atoms with van der Waals surface area (Å²) in [5, 5.41) is 5.88. The predicted octanol–water partition coefficient (Wildman–Crippen LogP) is 2.60. The first kappa shape index (κ1) is 13.0. The van der Waals surface area contributed by atoms with Crippen LogP contribution in [0.25, 0.3) is 0 Å². The molecule has 3 nitrogen and oxygen atoms in total. The van der Waals surface area contributed by atoms with Gasteiger partial charge < -0.3 is 10.6 Å². The molecule has 1 aromatic rings. The number of benzene rings is 1. The Bertz CT molecular complexity index is 447. The minimum absolute atomic E-state index is 0.149. The van der Waals surface area contributed by atoms with E-state index < -0.39 is 0 Å². The molecule has 0 spiro atoms. The van der Waals surface area contributed by atoms with Gasteiger partial charge in [0.05, 0.1) is 11.7 Å². The Kier molecular flexibility index (Phi) is 3.97. The van der Waals surface area contributed by atoms with Crippen molar-refractivity contribution in [1.82, 2.24) is 5.32 Å². The van der Waals surface area contributed by atoms with Crippen molar-refractivity contribution in [3.63, 3.8) is 0 Å². The fraction of sp³-hybridized carbons (Fsp3) is 0.500. The summed E-state index contributed by atoms with van der Waals surface area (Å²) < 4.78 is 13.6. The van der Waals surface area contributed by atoms with Crippen molar-refractivity contribution in [1.29, 1.82) is 0 Å². The summed E-state index contributed by atoms with van der Waals surface area (Å²) in [6.07, 6.45) is 2.93. The number of halogens is 1. The first-order valence-corrected chi connectivity index (χ1v) is 6.39. The molecule has 1 aliphatic heterocycles. The van der Waals surface area contributed by atoms with E-state index >= 15 is 0 Å². The topological polar surface area (TPSA) is 41.1 Å². The third-order valence-electron chi connectivity index (χ3n) is 3.31. The second kappa shape index (κ2) is 5.48. The Balaban J connectivity index is 2.02. The van der Waals surface area contributed by atoms with E-state index in [4.69, 9.17) is 0 Å². The van der Waals surface area contributed by atoms with Gasteiger partial charge in [-0.25, -0.2) is 4.39 Å². The SMILES string of the molecule is Cc1ccc(NC(=O)C2CCCC(C)N2)c(F)c1. The van der Waals surface area contributed by atoms with Crippen LogP contribution in [-0.4, -0.2) is 18.0 Å². The van der Waals surface area contributed by atoms with E-state index in [9.17, 15) is 9.18 Å². The van der Waals surface area contributed by atoms with E-state index in [1.807, 2.05) is 6.92 Å². The molecule has 2 atom stereocenters. The molecule has 98 valence electrons. The van der Waals surface area contributed by atoms with E-state index in [1.165, 1.54) is 6.07 Å². The molecule has 1 aliphatic rings. The number of anilines is 1. The Morgan fingerprint density at radius 2 is 2.22 bits per heavy atom. The molecule has 1 aromatic carbocycles. The van der Waals surface area contributed by atoms with Gasteiger partial charge in [-0.2, -0.15) is 0 Å². The summed E-state index contributed by atoms with van der Waals surface area (Å²) in [5.41, 5.74) is 1.10. The van der Waals surface area contributed by atoms with Gasteiger partial charge in [-0.05, 0) is 50.8 Å². The van der Waals surface area contributed by atoms with E-state index in [0.29, 0.717) is 6.04 Å². The lowest BCUT2D eigenvalue weighted by atomic mass is 9.99. The molecule has 2 rings (SSSR count). The van der Waals surface area contributed by atoms with Crippen LogP contribution in [0.1, 0.15) is 31.7 Å². The summed E-state index contributed by atoms with van der Waals surface area (Å²) in [5.74, 6) is -0.531. The summed E-state index contributed by atoms with van der Waals surface area (Å²) in [6, 6.07) is 4.95. The normalized spacial score (nSPS) is 23.7. The van der Waals surface area contributed by atoms with Gasteiger partial charge in [0.1, 0.15) is 5.82 Å². The molecule has 0 aromatic heterocycles. The fourth-order valence-corrected chi connectivity index (χ4v) is 2.29. The van der Waals surface area contributed by atoms with Crippen molar-refractivity contribution < 1.29 is 9.18 Å². The average Bonchev–Trinajstić information content (AvgIpc) is 2.32. The van der Waals surface area contributed by atoms with E-state index in [1.54, 1.807) is 12.1 Å². The van der Waals surface area contributed by atoms with Crippen LogP contribution in [0.15, 0.2) is 18.2 Å². The van der Waals surface area contributed by atoms with Crippen molar-refractivity contribution in [3.05, 3.63) is 29.6 Å². The fourth-order valence-electron chi connectivity index (χ4n) is 2.29. The standard InChI is InChI=1S/C14H19FN2O/c1-9-6-7-12(11(15)8-9)17-14(18)13-5-3-4-10(2)16-13/h6-8,10,13,16H,3-5H2,1-2H3,(H,17,18). The Labute approximate surface area is 107 Å². The van der Waals surface area contributed by atoms with Crippen molar-refractivity contribution in [2.75, 3.05) is 5.32 Å². The summed E-state index contributed by atoms with van der Waals surface area (Å²) in [7, 11) is 0. The zero-order chi connectivity index (χ0) is 13.1. The zero-order valence-electron chi connectivity index (χ0n) is 10.8. The second-order valence-corrected chi connectivity index (χ2v) is 5.02. The third kappa shape index (κ3) is 3.07. The molecule has 0 saturated carbocycles. The van der Waals surface area contributed by atoms with Gasteiger partial charge in [0.15, 0.2) is 0 Å². The molecule has 0 aliphatic carbocycles. The number of carbonyl (C=O) groups excluding carboxylic acids is 1. The maximum atomic E-state index is 13.6. The number of hydrogen-bond acceptors (Lipinski definition) is 2. The Morgan fingerprint density at radius 3 is 2.89 bits per heavy atom. The van der Waals surface area contributed by atoms with E-state index in [0.717, 1.165) is 24.8 Å². The molecule has 2 unspecified atom stereocenters. The van der Waals surface area contributed by atoms with Gasteiger partial charge in [0.25, 0.3) is 0 Å². The number of piperidine rings is 1. The zero-order valence-corrected chi connectivity index (χ0v) is 10.8. The van der Waals surface area contributed by atoms with Crippen LogP contribution in [0.4, 0.5) is 10.1 Å². The molecular weight excluding hydrogens is 231 g/mol. The van der Waals surface area contributed by atoms with Crippen LogP contribution in [0.5, 0.6) is 0 Å². The number of aryl methyl sites for hydroxylation is 1. The van der Waals surface area contributed by atoms with Gasteiger partial charge in [-0.1, -0.05) is 6.07 Å². The lowest BCUT2D eigenvalue weighted by Crippen LogP contribution is -2.47. The highest BCUT2D eigenvalue weighted by molar-refractivity contribution is 5.95. The number of carbonyl (C=O) groups is 1. The van der Waals surface area contributed by atoms with Gasteiger partial charge >= 0.3 is 0 Å². The van der Waals surface area contributed by atoms with Crippen LogP contribution < -0.4 is 10.6 Å². The van der Waals surface area contributed by atoms with E-state index in [2.05, 4.69) is 17.6 Å². The molecular formula is C14H19FN2O. The Hall–Kier alpha value is -1.42. The molecule has 1 saturated heterocycles. The molecule has 0 radical (unpaired) electrons. The minimum Gasteiger partial charge on any atom is -0.322 e. The number of rotatable bonds is 2. The van der Waals surface area contributed by atoms with Gasteiger partial charge in [-0.3, -0.25) is 4.79 Å². The lowest BCUT2D eigenvalue weighted by molar-refractivity contribution is -0.118. The van der Waals surface area contributed by atoms with Crippen molar-refractivity contribution in [2.45, 2.75) is 45.2 Å². The average molecular weight is 250 g/mol. The summed E-state index contributed by atoms with van der Waals surface area (Å²) in [6.45, 7) is 3.88. The monoisotopic (exact) mass is 250 g/mol. The number of nitrogens with one attached hydrogen (secondary N) is 2. The van der Waals surface area contributed by atoms with Crippen LogP contribution in [0, 0.1) is 12.7 Å². The van der Waals surface area contributed by atoms with Crippen molar-refractivity contribution in [3.8, 4) is 0 Å². The van der Waals surface area contributed by atoms with Gasteiger partial charge in [-0.15, -0.1) is 0 Å². The molecule has 18 heavy (non-hydrogen) atoms. The van der Waals surface area contributed by atoms with Crippen LogP contribution in [-0.2, 0) is 4.79 Å². The van der Waals surface area contributed by atoms with Crippen LogP contribution in [0.3, 0.4) is 0 Å². The van der Waals surface area contributed by atoms with Crippen molar-refractivity contribution >= 4 is 11.6 Å². The third-order valence-corrected chi connectivity index (χ3v) is 3.31. The molecule has 1 fully saturated rings.